The molecule has 0 saturated heterocycles. The highest BCUT2D eigenvalue weighted by Gasteiger charge is 2.29. The monoisotopic (exact) mass is 192 g/mol. The van der Waals surface area contributed by atoms with E-state index in [4.69, 9.17) is 4.74 Å². The zero-order chi connectivity index (χ0) is 10.3. The fourth-order valence-corrected chi connectivity index (χ4v) is 2.05. The SMILES string of the molecule is Cc1ccc(O)c2c1COC2C(C)C. The maximum atomic E-state index is 9.80. The summed E-state index contributed by atoms with van der Waals surface area (Å²) in [7, 11) is 0. The maximum Gasteiger partial charge on any atom is 0.121 e. The average molecular weight is 192 g/mol. The first kappa shape index (κ1) is 9.53. The molecule has 2 rings (SSSR count). The van der Waals surface area contributed by atoms with Crippen molar-refractivity contribution in [2.75, 3.05) is 0 Å². The standard InChI is InChI=1S/C12H16O2/c1-7(2)12-11-9(6-14-12)8(3)4-5-10(11)13/h4-5,7,12-13H,6H2,1-3H3. The zero-order valence-electron chi connectivity index (χ0n) is 8.87. The molecule has 1 aromatic carbocycles. The highest BCUT2D eigenvalue weighted by Crippen LogP contribution is 2.42. The minimum atomic E-state index is 0.0601. The van der Waals surface area contributed by atoms with Crippen molar-refractivity contribution in [3.63, 3.8) is 0 Å². The molecule has 0 amide bonds. The molecule has 2 heteroatoms. The second-order valence-corrected chi connectivity index (χ2v) is 4.27. The van der Waals surface area contributed by atoms with Gasteiger partial charge in [0.1, 0.15) is 5.75 Å². The fourth-order valence-electron chi connectivity index (χ4n) is 2.05. The van der Waals surface area contributed by atoms with Crippen LogP contribution in [0.3, 0.4) is 0 Å². The molecular formula is C12H16O2. The summed E-state index contributed by atoms with van der Waals surface area (Å²) >= 11 is 0. The number of hydrogen-bond donors (Lipinski definition) is 1. The number of aryl methyl sites for hydroxylation is 1. The highest BCUT2D eigenvalue weighted by atomic mass is 16.5. The Kier molecular flexibility index (Phi) is 2.23. The molecule has 14 heavy (non-hydrogen) atoms. The number of hydrogen-bond acceptors (Lipinski definition) is 2. The Bertz CT molecular complexity index is 356. The van der Waals surface area contributed by atoms with Crippen molar-refractivity contribution in [1.29, 1.82) is 0 Å². The van der Waals surface area contributed by atoms with E-state index in [-0.39, 0.29) is 6.10 Å². The molecule has 0 fully saturated rings. The van der Waals surface area contributed by atoms with Crippen molar-refractivity contribution >= 4 is 0 Å². The van der Waals surface area contributed by atoms with Crippen LogP contribution in [-0.2, 0) is 11.3 Å². The molecule has 76 valence electrons. The van der Waals surface area contributed by atoms with Gasteiger partial charge in [-0.25, -0.2) is 0 Å². The first-order valence-electron chi connectivity index (χ1n) is 5.04. The summed E-state index contributed by atoms with van der Waals surface area (Å²) in [4.78, 5) is 0. The van der Waals surface area contributed by atoms with E-state index in [1.54, 1.807) is 6.07 Å². The van der Waals surface area contributed by atoms with Crippen LogP contribution >= 0.6 is 0 Å². The van der Waals surface area contributed by atoms with Gasteiger partial charge in [-0.1, -0.05) is 19.9 Å². The molecule has 1 atom stereocenters. The van der Waals surface area contributed by atoms with Crippen molar-refractivity contribution < 1.29 is 9.84 Å². The normalized spacial score (nSPS) is 20.1. The molecule has 0 aromatic heterocycles. The highest BCUT2D eigenvalue weighted by molar-refractivity contribution is 5.47. The van der Waals surface area contributed by atoms with Gasteiger partial charge in [-0.2, -0.15) is 0 Å². The molecule has 2 nitrogen and oxygen atoms in total. The van der Waals surface area contributed by atoms with E-state index in [1.165, 1.54) is 11.1 Å². The quantitative estimate of drug-likeness (QED) is 0.741. The van der Waals surface area contributed by atoms with E-state index >= 15 is 0 Å². The van der Waals surface area contributed by atoms with Crippen LogP contribution in [-0.4, -0.2) is 5.11 Å². The molecule has 0 bridgehead atoms. The van der Waals surface area contributed by atoms with Gasteiger partial charge in [0.05, 0.1) is 12.7 Å². The molecule has 0 saturated carbocycles. The molecular weight excluding hydrogens is 176 g/mol. The molecule has 0 spiro atoms. The summed E-state index contributed by atoms with van der Waals surface area (Å²) in [5.41, 5.74) is 3.38. The Labute approximate surface area is 84.5 Å². The van der Waals surface area contributed by atoms with Crippen molar-refractivity contribution in [3.8, 4) is 5.75 Å². The second kappa shape index (κ2) is 3.28. The van der Waals surface area contributed by atoms with Gasteiger partial charge in [0.2, 0.25) is 0 Å². The summed E-state index contributed by atoms with van der Waals surface area (Å²) in [6, 6.07) is 3.71. The van der Waals surface area contributed by atoms with E-state index < -0.39 is 0 Å². The van der Waals surface area contributed by atoms with Crippen LogP contribution in [0, 0.1) is 12.8 Å². The van der Waals surface area contributed by atoms with E-state index in [9.17, 15) is 5.11 Å². The van der Waals surface area contributed by atoms with Crippen LogP contribution in [0.25, 0.3) is 0 Å². The van der Waals surface area contributed by atoms with Crippen LogP contribution in [0.15, 0.2) is 12.1 Å². The third-order valence-corrected chi connectivity index (χ3v) is 2.87. The van der Waals surface area contributed by atoms with Crippen LogP contribution in [0.1, 0.15) is 36.6 Å². The molecule has 1 unspecified atom stereocenters. The lowest BCUT2D eigenvalue weighted by molar-refractivity contribution is 0.0330. The van der Waals surface area contributed by atoms with E-state index in [0.717, 1.165) is 5.56 Å². The van der Waals surface area contributed by atoms with Crippen LogP contribution in [0.5, 0.6) is 5.75 Å². The van der Waals surface area contributed by atoms with Gasteiger partial charge in [-0.15, -0.1) is 0 Å². The van der Waals surface area contributed by atoms with Crippen molar-refractivity contribution in [2.24, 2.45) is 5.92 Å². The number of phenols is 1. The van der Waals surface area contributed by atoms with E-state index in [2.05, 4.69) is 20.8 Å². The van der Waals surface area contributed by atoms with Gasteiger partial charge >= 0.3 is 0 Å². The predicted octanol–water partition coefficient (Wildman–Crippen LogP) is 2.93. The second-order valence-electron chi connectivity index (χ2n) is 4.27. The summed E-state index contributed by atoms with van der Waals surface area (Å²) in [5.74, 6) is 0.783. The molecule has 1 heterocycles. The van der Waals surface area contributed by atoms with Gasteiger partial charge in [-0.3, -0.25) is 0 Å². The Morgan fingerprint density at radius 1 is 1.43 bits per heavy atom. The fraction of sp³-hybridized carbons (Fsp3) is 0.500. The number of benzene rings is 1. The number of phenolic OH excluding ortho intramolecular Hbond substituents is 1. The molecule has 1 aliphatic rings. The van der Waals surface area contributed by atoms with Crippen molar-refractivity contribution in [2.45, 2.75) is 33.5 Å². The average Bonchev–Trinajstić information content (AvgIpc) is 2.56. The van der Waals surface area contributed by atoms with Gasteiger partial charge in [-0.05, 0) is 30.0 Å². The third-order valence-electron chi connectivity index (χ3n) is 2.87. The number of ether oxygens (including phenoxy) is 1. The predicted molar refractivity (Wildman–Crippen MR) is 55.2 cm³/mol. The van der Waals surface area contributed by atoms with Crippen LogP contribution in [0.4, 0.5) is 0 Å². The minimum Gasteiger partial charge on any atom is -0.508 e. The topological polar surface area (TPSA) is 29.5 Å². The Morgan fingerprint density at radius 2 is 2.14 bits per heavy atom. The van der Waals surface area contributed by atoms with Crippen LogP contribution in [0.2, 0.25) is 0 Å². The summed E-state index contributed by atoms with van der Waals surface area (Å²) in [5, 5.41) is 9.80. The van der Waals surface area contributed by atoms with Crippen molar-refractivity contribution in [3.05, 3.63) is 28.8 Å². The smallest absolute Gasteiger partial charge is 0.121 e. The van der Waals surface area contributed by atoms with Gasteiger partial charge in [0.15, 0.2) is 0 Å². The van der Waals surface area contributed by atoms with Crippen LogP contribution < -0.4 is 0 Å². The summed E-state index contributed by atoms with van der Waals surface area (Å²) in [6.45, 7) is 6.92. The lowest BCUT2D eigenvalue weighted by atomic mass is 9.94. The first-order valence-corrected chi connectivity index (χ1v) is 5.04. The van der Waals surface area contributed by atoms with Gasteiger partial charge in [0.25, 0.3) is 0 Å². The largest absolute Gasteiger partial charge is 0.508 e. The lowest BCUT2D eigenvalue weighted by Crippen LogP contribution is -2.04. The molecule has 1 aliphatic heterocycles. The Hall–Kier alpha value is -1.02. The maximum absolute atomic E-state index is 9.80. The molecule has 0 aliphatic carbocycles. The lowest BCUT2D eigenvalue weighted by Gasteiger charge is -2.16. The number of aromatic hydroxyl groups is 1. The summed E-state index contributed by atoms with van der Waals surface area (Å²) < 4.78 is 5.69. The van der Waals surface area contributed by atoms with Gasteiger partial charge in [0, 0.05) is 5.56 Å². The Morgan fingerprint density at radius 3 is 2.79 bits per heavy atom. The third kappa shape index (κ3) is 1.30. The zero-order valence-corrected chi connectivity index (χ0v) is 8.87. The van der Waals surface area contributed by atoms with Crippen molar-refractivity contribution in [1.82, 2.24) is 0 Å². The minimum absolute atomic E-state index is 0.0601. The van der Waals surface area contributed by atoms with E-state index in [1.807, 2.05) is 6.07 Å². The first-order chi connectivity index (χ1) is 6.61. The molecule has 1 N–H and O–H groups in total. The van der Waals surface area contributed by atoms with E-state index in [0.29, 0.717) is 18.3 Å². The number of fused-ring (bicyclic) bond motifs is 1. The molecule has 0 radical (unpaired) electrons. The molecule has 1 aromatic rings. The summed E-state index contributed by atoms with van der Waals surface area (Å²) in [6.07, 6.45) is 0.0601. The number of rotatable bonds is 1. The Balaban J connectivity index is 2.53. The van der Waals surface area contributed by atoms with Gasteiger partial charge < -0.3 is 9.84 Å².